The zero-order valence-corrected chi connectivity index (χ0v) is 13.5. The van der Waals surface area contributed by atoms with Gasteiger partial charge >= 0.3 is 35.5 Å². The van der Waals surface area contributed by atoms with E-state index in [2.05, 4.69) is 19.6 Å². The van der Waals surface area contributed by atoms with Crippen LogP contribution >= 0.6 is 12.6 Å². The molecule has 0 aliphatic heterocycles. The molecule has 0 aliphatic rings. The Morgan fingerprint density at radius 3 is 2.44 bits per heavy atom. The van der Waals surface area contributed by atoms with Gasteiger partial charge in [0.25, 0.3) is 0 Å². The first-order chi connectivity index (χ1) is 7.22. The summed E-state index contributed by atoms with van der Waals surface area (Å²) in [6, 6.07) is -0.576. The molecule has 0 bridgehead atoms. The van der Waals surface area contributed by atoms with Crippen molar-refractivity contribution in [3.8, 4) is 0 Å². The predicted octanol–water partition coefficient (Wildman–Crippen LogP) is -0.736. The standard InChI is InChI=1S/C11H23NO2S.Na.H/c1-2-3-4-5-6-7-8-14-11(13)10(12)9-15;;/h10,15H,2-9,12H2,1H3;;/q;+1;-1/t10-;;/m0../s1. The summed E-state index contributed by atoms with van der Waals surface area (Å²) in [6.45, 7) is 2.69. The summed E-state index contributed by atoms with van der Waals surface area (Å²) in [6.07, 6.45) is 7.12. The largest absolute Gasteiger partial charge is 1.00 e. The minimum absolute atomic E-state index is 0. The molecule has 0 amide bonds. The van der Waals surface area contributed by atoms with E-state index in [1.54, 1.807) is 0 Å². The molecule has 3 nitrogen and oxygen atoms in total. The molecule has 0 aromatic rings. The summed E-state index contributed by atoms with van der Waals surface area (Å²) >= 11 is 3.93. The van der Waals surface area contributed by atoms with E-state index < -0.39 is 6.04 Å². The molecule has 0 aliphatic carbocycles. The zero-order chi connectivity index (χ0) is 11.5. The van der Waals surface area contributed by atoms with Gasteiger partial charge in [0.2, 0.25) is 0 Å². The Morgan fingerprint density at radius 1 is 1.31 bits per heavy atom. The number of carbonyl (C=O) groups is 1. The van der Waals surface area contributed by atoms with Crippen molar-refractivity contribution in [1.29, 1.82) is 0 Å². The number of hydrogen-bond donors (Lipinski definition) is 2. The van der Waals surface area contributed by atoms with Crippen LogP contribution in [-0.4, -0.2) is 24.4 Å². The van der Waals surface area contributed by atoms with E-state index in [1.807, 2.05) is 0 Å². The van der Waals surface area contributed by atoms with Crippen molar-refractivity contribution >= 4 is 18.6 Å². The van der Waals surface area contributed by atoms with Crippen molar-refractivity contribution in [3.63, 3.8) is 0 Å². The summed E-state index contributed by atoms with van der Waals surface area (Å²) < 4.78 is 4.99. The Hall–Kier alpha value is 0.780. The summed E-state index contributed by atoms with van der Waals surface area (Å²) in [5, 5.41) is 0. The van der Waals surface area contributed by atoms with Crippen LogP contribution in [0.1, 0.15) is 46.9 Å². The van der Waals surface area contributed by atoms with Gasteiger partial charge in [-0.3, -0.25) is 4.79 Å². The van der Waals surface area contributed by atoms with Crippen molar-refractivity contribution in [2.24, 2.45) is 5.73 Å². The number of rotatable bonds is 9. The Labute approximate surface area is 128 Å². The van der Waals surface area contributed by atoms with E-state index >= 15 is 0 Å². The number of unbranched alkanes of at least 4 members (excludes halogenated alkanes) is 5. The van der Waals surface area contributed by atoms with E-state index in [1.165, 1.54) is 25.7 Å². The second-order valence-electron chi connectivity index (χ2n) is 3.72. The number of esters is 1. The van der Waals surface area contributed by atoms with Crippen LogP contribution in [0.5, 0.6) is 0 Å². The third-order valence-electron chi connectivity index (χ3n) is 2.24. The number of ether oxygens (including phenoxy) is 1. The molecule has 0 aromatic carbocycles. The van der Waals surface area contributed by atoms with E-state index in [4.69, 9.17) is 10.5 Å². The molecule has 0 fully saturated rings. The summed E-state index contributed by atoms with van der Waals surface area (Å²) in [7, 11) is 0. The normalized spacial score (nSPS) is 11.7. The van der Waals surface area contributed by atoms with Crippen molar-refractivity contribution in [2.75, 3.05) is 12.4 Å². The topological polar surface area (TPSA) is 52.3 Å². The number of nitrogens with two attached hydrogens (primary N) is 1. The average Bonchev–Trinajstić information content (AvgIpc) is 2.26. The van der Waals surface area contributed by atoms with Crippen LogP contribution in [-0.2, 0) is 9.53 Å². The maximum atomic E-state index is 11.1. The molecule has 2 N–H and O–H groups in total. The van der Waals surface area contributed by atoms with Crippen LogP contribution < -0.4 is 35.3 Å². The second-order valence-corrected chi connectivity index (χ2v) is 4.09. The molecule has 0 saturated heterocycles. The van der Waals surface area contributed by atoms with Gasteiger partial charge in [-0.1, -0.05) is 39.0 Å². The maximum Gasteiger partial charge on any atom is 1.00 e. The van der Waals surface area contributed by atoms with Gasteiger partial charge in [0.05, 0.1) is 6.61 Å². The van der Waals surface area contributed by atoms with Gasteiger partial charge in [-0.05, 0) is 6.42 Å². The number of carbonyl (C=O) groups excluding carboxylic acids is 1. The van der Waals surface area contributed by atoms with E-state index in [9.17, 15) is 4.79 Å². The van der Waals surface area contributed by atoms with Crippen LogP contribution in [0.2, 0.25) is 0 Å². The molecule has 0 unspecified atom stereocenters. The minimum Gasteiger partial charge on any atom is -1.00 e. The van der Waals surface area contributed by atoms with Crippen molar-refractivity contribution in [2.45, 2.75) is 51.5 Å². The first-order valence-electron chi connectivity index (χ1n) is 5.75. The molecule has 0 heterocycles. The molecule has 92 valence electrons. The fraction of sp³-hybridized carbons (Fsp3) is 0.909. The predicted molar refractivity (Wildman–Crippen MR) is 67.3 cm³/mol. The number of hydrogen-bond acceptors (Lipinski definition) is 4. The van der Waals surface area contributed by atoms with Gasteiger partial charge in [0.1, 0.15) is 6.04 Å². The van der Waals surface area contributed by atoms with Gasteiger partial charge in [0, 0.05) is 5.75 Å². The molecule has 0 radical (unpaired) electrons. The Morgan fingerprint density at radius 2 is 1.88 bits per heavy atom. The second kappa shape index (κ2) is 13.8. The first kappa shape index (κ1) is 19.1. The van der Waals surface area contributed by atoms with Crippen LogP contribution in [0, 0.1) is 0 Å². The van der Waals surface area contributed by atoms with E-state index in [0.717, 1.165) is 12.8 Å². The summed E-state index contributed by atoms with van der Waals surface area (Å²) in [5.41, 5.74) is 5.45. The minimum atomic E-state index is -0.576. The fourth-order valence-corrected chi connectivity index (χ4v) is 1.39. The van der Waals surface area contributed by atoms with Crippen LogP contribution in [0.15, 0.2) is 0 Å². The molecule has 0 aromatic heterocycles. The Kier molecular flexibility index (Phi) is 16.5. The van der Waals surface area contributed by atoms with Gasteiger partial charge < -0.3 is 11.9 Å². The van der Waals surface area contributed by atoms with Crippen molar-refractivity contribution in [3.05, 3.63) is 0 Å². The van der Waals surface area contributed by atoms with Gasteiger partial charge in [0.15, 0.2) is 0 Å². The molecule has 1 atom stereocenters. The maximum absolute atomic E-state index is 11.1. The smallest absolute Gasteiger partial charge is 1.00 e. The molecule has 5 heteroatoms. The molecular formula is C11H24NNaO2S. The quantitative estimate of drug-likeness (QED) is 0.248. The summed E-state index contributed by atoms with van der Waals surface area (Å²) in [4.78, 5) is 11.1. The third kappa shape index (κ3) is 11.3. The Bertz CT molecular complexity index is 176. The van der Waals surface area contributed by atoms with Crippen molar-refractivity contribution in [1.82, 2.24) is 0 Å². The third-order valence-corrected chi connectivity index (χ3v) is 2.64. The van der Waals surface area contributed by atoms with E-state index in [-0.39, 0.29) is 37.0 Å². The monoisotopic (exact) mass is 257 g/mol. The zero-order valence-electron chi connectivity index (χ0n) is 11.6. The van der Waals surface area contributed by atoms with Crippen LogP contribution in [0.3, 0.4) is 0 Å². The molecular weight excluding hydrogens is 233 g/mol. The molecule has 0 saturated carbocycles. The summed E-state index contributed by atoms with van der Waals surface area (Å²) in [5.74, 6) is 0.00792. The SMILES string of the molecule is CCCCCCCCOC(=O)[C@@H](N)CS.[H-].[Na+]. The number of thiol groups is 1. The average molecular weight is 257 g/mol. The van der Waals surface area contributed by atoms with E-state index in [0.29, 0.717) is 12.4 Å². The molecule has 0 spiro atoms. The Balaban J connectivity index is -0.000000980. The van der Waals surface area contributed by atoms with Crippen molar-refractivity contribution < 1.29 is 40.5 Å². The van der Waals surface area contributed by atoms with Gasteiger partial charge in [-0.2, -0.15) is 12.6 Å². The van der Waals surface area contributed by atoms with Crippen LogP contribution in [0.4, 0.5) is 0 Å². The first-order valence-corrected chi connectivity index (χ1v) is 6.38. The molecule has 16 heavy (non-hydrogen) atoms. The molecule has 0 rings (SSSR count). The fourth-order valence-electron chi connectivity index (χ4n) is 1.24. The van der Waals surface area contributed by atoms with Crippen LogP contribution in [0.25, 0.3) is 0 Å². The van der Waals surface area contributed by atoms with Gasteiger partial charge in [-0.25, -0.2) is 0 Å². The van der Waals surface area contributed by atoms with Gasteiger partial charge in [-0.15, -0.1) is 0 Å².